The number of carbonyl (C=O) groups is 1. The number of pyridine rings is 1. The lowest BCUT2D eigenvalue weighted by Gasteiger charge is -2.12. The van der Waals surface area contributed by atoms with Crippen LogP contribution in [0.25, 0.3) is 0 Å². The highest BCUT2D eigenvalue weighted by atomic mass is 79.9. The Morgan fingerprint density at radius 1 is 1.75 bits per heavy atom. The summed E-state index contributed by atoms with van der Waals surface area (Å²) in [4.78, 5) is 15.8. The molecule has 1 atom stereocenters. The van der Waals surface area contributed by atoms with Gasteiger partial charge in [-0.15, -0.1) is 6.42 Å². The number of carbonyl (C=O) groups excluding carboxylic acids is 1. The summed E-state index contributed by atoms with van der Waals surface area (Å²) >= 11 is 3.22. The zero-order chi connectivity index (χ0) is 12.0. The molecule has 1 amide bonds. The van der Waals surface area contributed by atoms with Crippen LogP contribution in [0.2, 0.25) is 0 Å². The summed E-state index contributed by atoms with van der Waals surface area (Å²) in [5.74, 6) is 2.36. The van der Waals surface area contributed by atoms with Crippen LogP contribution in [0.4, 0.5) is 0 Å². The first kappa shape index (κ1) is 12.7. The number of aromatic nitrogens is 1. The molecule has 4 heteroatoms. The van der Waals surface area contributed by atoms with E-state index in [-0.39, 0.29) is 11.9 Å². The van der Waals surface area contributed by atoms with Crippen molar-refractivity contribution in [1.29, 1.82) is 0 Å². The second-order valence-electron chi connectivity index (χ2n) is 3.32. The summed E-state index contributed by atoms with van der Waals surface area (Å²) in [6.45, 7) is 2.02. The fourth-order valence-corrected chi connectivity index (χ4v) is 1.71. The molecule has 3 nitrogen and oxygen atoms in total. The van der Waals surface area contributed by atoms with E-state index in [9.17, 15) is 4.79 Å². The van der Waals surface area contributed by atoms with Gasteiger partial charge in [0.05, 0.1) is 11.6 Å². The quantitative estimate of drug-likeness (QED) is 0.680. The minimum absolute atomic E-state index is 0.198. The lowest BCUT2D eigenvalue weighted by Crippen LogP contribution is -2.33. The average Bonchev–Trinajstić information content (AvgIpc) is 2.28. The molecule has 1 rings (SSSR count). The van der Waals surface area contributed by atoms with Crippen molar-refractivity contribution < 1.29 is 4.79 Å². The Labute approximate surface area is 104 Å². The number of rotatable bonds is 4. The van der Waals surface area contributed by atoms with Gasteiger partial charge in [-0.05, 0) is 34.5 Å². The van der Waals surface area contributed by atoms with Gasteiger partial charge in [-0.3, -0.25) is 4.79 Å². The van der Waals surface area contributed by atoms with Crippen molar-refractivity contribution in [1.82, 2.24) is 10.3 Å². The maximum atomic E-state index is 11.8. The van der Waals surface area contributed by atoms with Gasteiger partial charge in [0.15, 0.2) is 0 Å². The minimum atomic E-state index is -0.218. The molecule has 0 aromatic carbocycles. The normalized spacial score (nSPS) is 11.6. The topological polar surface area (TPSA) is 42.0 Å². The average molecular weight is 281 g/mol. The van der Waals surface area contributed by atoms with Gasteiger partial charge in [0.25, 0.3) is 5.91 Å². The molecule has 0 saturated heterocycles. The smallest absolute Gasteiger partial charge is 0.254 e. The van der Waals surface area contributed by atoms with Crippen molar-refractivity contribution in [2.45, 2.75) is 25.8 Å². The first-order valence-corrected chi connectivity index (χ1v) is 5.85. The van der Waals surface area contributed by atoms with E-state index in [0.717, 1.165) is 12.8 Å². The lowest BCUT2D eigenvalue weighted by molar-refractivity contribution is 0.0943. The summed E-state index contributed by atoms with van der Waals surface area (Å²) in [5.41, 5.74) is 0.499. The van der Waals surface area contributed by atoms with Crippen molar-refractivity contribution in [3.05, 3.63) is 28.5 Å². The predicted molar refractivity (Wildman–Crippen MR) is 66.9 cm³/mol. The van der Waals surface area contributed by atoms with E-state index in [2.05, 4.69) is 32.2 Å². The molecule has 0 aliphatic heterocycles. The van der Waals surface area contributed by atoms with E-state index in [1.807, 2.05) is 6.92 Å². The predicted octanol–water partition coefficient (Wildman–Crippen LogP) is 2.38. The Bertz CT molecular complexity index is 412. The fourth-order valence-electron chi connectivity index (χ4n) is 1.28. The zero-order valence-electron chi connectivity index (χ0n) is 9.03. The van der Waals surface area contributed by atoms with Crippen molar-refractivity contribution in [2.75, 3.05) is 0 Å². The fraction of sp³-hybridized carbons (Fsp3) is 0.333. The van der Waals surface area contributed by atoms with Crippen molar-refractivity contribution in [3.8, 4) is 12.3 Å². The molecule has 0 bridgehead atoms. The van der Waals surface area contributed by atoms with Crippen LogP contribution >= 0.6 is 15.9 Å². The summed E-state index contributed by atoms with van der Waals surface area (Å²) in [6, 6.07) is 3.20. The Kier molecular flexibility index (Phi) is 5.00. The van der Waals surface area contributed by atoms with Gasteiger partial charge in [-0.2, -0.15) is 0 Å². The Hall–Kier alpha value is -1.34. The maximum absolute atomic E-state index is 11.8. The molecule has 1 heterocycles. The highest BCUT2D eigenvalue weighted by Gasteiger charge is 2.13. The van der Waals surface area contributed by atoms with Crippen LogP contribution in [-0.4, -0.2) is 16.9 Å². The second-order valence-corrected chi connectivity index (χ2v) is 4.07. The number of hydrogen-bond donors (Lipinski definition) is 1. The van der Waals surface area contributed by atoms with Crippen molar-refractivity contribution in [2.24, 2.45) is 0 Å². The van der Waals surface area contributed by atoms with Crippen LogP contribution in [0.15, 0.2) is 22.9 Å². The minimum Gasteiger partial charge on any atom is -0.338 e. The molecule has 0 saturated carbocycles. The SMILES string of the molecule is C#CC(CCC)NC(=O)c1cccnc1Br. The van der Waals surface area contributed by atoms with Crippen LogP contribution in [-0.2, 0) is 0 Å². The molecular formula is C12H13BrN2O. The van der Waals surface area contributed by atoms with Gasteiger partial charge in [-0.1, -0.05) is 19.3 Å². The van der Waals surface area contributed by atoms with Crippen LogP contribution < -0.4 is 5.32 Å². The largest absolute Gasteiger partial charge is 0.338 e. The van der Waals surface area contributed by atoms with Gasteiger partial charge in [0, 0.05) is 6.20 Å². The highest BCUT2D eigenvalue weighted by molar-refractivity contribution is 9.10. The van der Waals surface area contributed by atoms with Crippen molar-refractivity contribution >= 4 is 21.8 Å². The Morgan fingerprint density at radius 3 is 3.06 bits per heavy atom. The van der Waals surface area contributed by atoms with E-state index in [4.69, 9.17) is 6.42 Å². The van der Waals surface area contributed by atoms with Gasteiger partial charge >= 0.3 is 0 Å². The standard InChI is InChI=1S/C12H13BrN2O/c1-3-6-9(4-2)15-12(16)10-7-5-8-14-11(10)13/h2,5,7-9H,3,6H2,1H3,(H,15,16). The molecule has 0 radical (unpaired) electrons. The molecule has 0 spiro atoms. The summed E-state index contributed by atoms with van der Waals surface area (Å²) in [5, 5.41) is 2.78. The molecular weight excluding hydrogens is 268 g/mol. The number of hydrogen-bond acceptors (Lipinski definition) is 2. The molecule has 16 heavy (non-hydrogen) atoms. The number of halogens is 1. The summed E-state index contributed by atoms with van der Waals surface area (Å²) in [6.07, 6.45) is 8.66. The van der Waals surface area contributed by atoms with E-state index < -0.39 is 0 Å². The van der Waals surface area contributed by atoms with Gasteiger partial charge in [0.1, 0.15) is 4.60 Å². The molecule has 1 aromatic heterocycles. The van der Waals surface area contributed by atoms with Crippen LogP contribution in [0.1, 0.15) is 30.1 Å². The van der Waals surface area contributed by atoms with E-state index in [0.29, 0.717) is 10.2 Å². The number of nitrogens with zero attached hydrogens (tertiary/aromatic N) is 1. The Morgan fingerprint density at radius 2 is 2.50 bits per heavy atom. The molecule has 0 aliphatic rings. The molecule has 1 unspecified atom stereocenters. The maximum Gasteiger partial charge on any atom is 0.254 e. The van der Waals surface area contributed by atoms with Crippen LogP contribution in [0.5, 0.6) is 0 Å². The van der Waals surface area contributed by atoms with Crippen LogP contribution in [0.3, 0.4) is 0 Å². The molecule has 1 aromatic rings. The number of terminal acetylenes is 1. The Balaban J connectivity index is 2.73. The number of amides is 1. The highest BCUT2D eigenvalue weighted by Crippen LogP contribution is 2.12. The molecule has 1 N–H and O–H groups in total. The first-order valence-electron chi connectivity index (χ1n) is 5.06. The van der Waals surface area contributed by atoms with Crippen LogP contribution in [0, 0.1) is 12.3 Å². The third kappa shape index (κ3) is 3.35. The zero-order valence-corrected chi connectivity index (χ0v) is 10.6. The third-order valence-corrected chi connectivity index (χ3v) is 2.72. The molecule has 0 fully saturated rings. The second kappa shape index (κ2) is 6.29. The monoisotopic (exact) mass is 280 g/mol. The van der Waals surface area contributed by atoms with Crippen molar-refractivity contribution in [3.63, 3.8) is 0 Å². The molecule has 0 aliphatic carbocycles. The first-order chi connectivity index (χ1) is 7.69. The van der Waals surface area contributed by atoms with E-state index >= 15 is 0 Å². The lowest BCUT2D eigenvalue weighted by atomic mass is 10.1. The van der Waals surface area contributed by atoms with Gasteiger partial charge in [0.2, 0.25) is 0 Å². The molecule has 84 valence electrons. The third-order valence-electron chi connectivity index (χ3n) is 2.09. The summed E-state index contributed by atoms with van der Waals surface area (Å²) in [7, 11) is 0. The van der Waals surface area contributed by atoms with E-state index in [1.54, 1.807) is 18.3 Å². The van der Waals surface area contributed by atoms with Gasteiger partial charge < -0.3 is 5.32 Å². The van der Waals surface area contributed by atoms with Gasteiger partial charge in [-0.25, -0.2) is 4.98 Å². The number of nitrogens with one attached hydrogen (secondary N) is 1. The van der Waals surface area contributed by atoms with E-state index in [1.165, 1.54) is 0 Å². The summed E-state index contributed by atoms with van der Waals surface area (Å²) < 4.78 is 0.528.